The van der Waals surface area contributed by atoms with Crippen molar-refractivity contribution in [3.8, 4) is 11.8 Å². The second kappa shape index (κ2) is 7.52. The molecule has 1 aromatic rings. The van der Waals surface area contributed by atoms with Gasteiger partial charge in [-0.15, -0.1) is 0 Å². The molecule has 4 nitrogen and oxygen atoms in total. The van der Waals surface area contributed by atoms with E-state index in [0.29, 0.717) is 6.54 Å². The van der Waals surface area contributed by atoms with Crippen LogP contribution in [0.15, 0.2) is 30.3 Å². The number of likely N-dealkylation sites (tertiary alicyclic amines) is 1. The van der Waals surface area contributed by atoms with Crippen LogP contribution in [0.25, 0.3) is 0 Å². The van der Waals surface area contributed by atoms with Crippen molar-refractivity contribution in [2.75, 3.05) is 13.1 Å². The highest BCUT2D eigenvalue weighted by Crippen LogP contribution is 2.60. The van der Waals surface area contributed by atoms with Crippen molar-refractivity contribution < 1.29 is 9.59 Å². The number of rotatable bonds is 3. The van der Waals surface area contributed by atoms with Crippen molar-refractivity contribution >= 4 is 11.8 Å². The molecule has 152 valence electrons. The van der Waals surface area contributed by atoms with Crippen molar-refractivity contribution in [2.24, 2.45) is 23.2 Å². The van der Waals surface area contributed by atoms with Crippen LogP contribution < -0.4 is 5.32 Å². The smallest absolute Gasteiger partial charge is 0.243 e. The molecule has 29 heavy (non-hydrogen) atoms. The maximum Gasteiger partial charge on any atom is 0.243 e. The summed E-state index contributed by atoms with van der Waals surface area (Å²) in [5.41, 5.74) is 0.784. The van der Waals surface area contributed by atoms with Crippen LogP contribution in [0.4, 0.5) is 0 Å². The zero-order valence-electron chi connectivity index (χ0n) is 17.0. The maximum atomic E-state index is 13.6. The highest BCUT2D eigenvalue weighted by atomic mass is 16.2. The van der Waals surface area contributed by atoms with E-state index in [1.807, 2.05) is 35.2 Å². The molecular formula is C25H30N2O2. The average Bonchev–Trinajstić information content (AvgIpc) is 3.20. The van der Waals surface area contributed by atoms with Gasteiger partial charge in [0.15, 0.2) is 0 Å². The molecule has 1 saturated heterocycles. The van der Waals surface area contributed by atoms with Crippen LogP contribution in [0.1, 0.15) is 56.9 Å². The Morgan fingerprint density at radius 1 is 1.03 bits per heavy atom. The van der Waals surface area contributed by atoms with Gasteiger partial charge in [0, 0.05) is 12.1 Å². The molecule has 0 spiro atoms. The molecule has 2 amide bonds. The van der Waals surface area contributed by atoms with E-state index >= 15 is 0 Å². The minimum atomic E-state index is -0.311. The molecule has 1 atom stereocenters. The number of hydrogen-bond acceptors (Lipinski definition) is 2. The summed E-state index contributed by atoms with van der Waals surface area (Å²) in [6, 6.07) is 9.47. The molecule has 4 aliphatic carbocycles. The van der Waals surface area contributed by atoms with Crippen LogP contribution >= 0.6 is 0 Å². The number of nitrogens with one attached hydrogen (secondary N) is 1. The molecule has 1 aliphatic heterocycles. The summed E-state index contributed by atoms with van der Waals surface area (Å²) in [5.74, 6) is 8.57. The van der Waals surface area contributed by atoms with Gasteiger partial charge in [0.05, 0.1) is 12.0 Å². The molecule has 1 unspecified atom stereocenters. The standard InChI is InChI=1S/C25H30N2O2/c28-23(26-10-4-8-18-6-2-1-3-7-18)22-9-5-11-27(22)24(29)25-15-19-12-20(16-25)14-21(13-19)17-25/h1-3,6-7,19-22H,5,9-17H2,(H,26,28). The largest absolute Gasteiger partial charge is 0.343 e. The third-order valence-electron chi connectivity index (χ3n) is 7.67. The van der Waals surface area contributed by atoms with E-state index in [2.05, 4.69) is 17.2 Å². The molecular weight excluding hydrogens is 360 g/mol. The summed E-state index contributed by atoms with van der Waals surface area (Å²) in [4.78, 5) is 28.4. The molecule has 1 N–H and O–H groups in total. The van der Waals surface area contributed by atoms with Crippen LogP contribution in [0.2, 0.25) is 0 Å². The molecule has 4 bridgehead atoms. The average molecular weight is 391 g/mol. The topological polar surface area (TPSA) is 49.4 Å². The fourth-order valence-corrected chi connectivity index (χ4v) is 6.88. The van der Waals surface area contributed by atoms with Crippen molar-refractivity contribution in [3.05, 3.63) is 35.9 Å². The van der Waals surface area contributed by atoms with Crippen molar-refractivity contribution in [3.63, 3.8) is 0 Å². The summed E-state index contributed by atoms with van der Waals surface area (Å²) in [7, 11) is 0. The van der Waals surface area contributed by atoms with Crippen LogP contribution in [0.5, 0.6) is 0 Å². The van der Waals surface area contributed by atoms with Gasteiger partial charge in [-0.1, -0.05) is 30.0 Å². The van der Waals surface area contributed by atoms with Gasteiger partial charge < -0.3 is 10.2 Å². The maximum absolute atomic E-state index is 13.6. The zero-order chi connectivity index (χ0) is 19.8. The van der Waals surface area contributed by atoms with E-state index in [9.17, 15) is 9.59 Å². The van der Waals surface area contributed by atoms with E-state index < -0.39 is 0 Å². The Hall–Kier alpha value is -2.28. The first-order valence-electron chi connectivity index (χ1n) is 11.3. The Balaban J connectivity index is 1.23. The van der Waals surface area contributed by atoms with E-state index in [1.165, 1.54) is 19.3 Å². The normalized spacial score (nSPS) is 34.6. The summed E-state index contributed by atoms with van der Waals surface area (Å²) in [5, 5.41) is 2.95. The molecule has 4 heteroatoms. The van der Waals surface area contributed by atoms with E-state index in [0.717, 1.165) is 62.0 Å². The summed E-state index contributed by atoms with van der Waals surface area (Å²) >= 11 is 0. The third-order valence-corrected chi connectivity index (χ3v) is 7.67. The van der Waals surface area contributed by atoms with Gasteiger partial charge in [0.2, 0.25) is 11.8 Å². The highest BCUT2D eigenvalue weighted by molar-refractivity contribution is 5.91. The number of carbonyl (C=O) groups is 2. The number of carbonyl (C=O) groups excluding carboxylic acids is 2. The Labute approximate surface area is 173 Å². The number of benzene rings is 1. The van der Waals surface area contributed by atoms with Crippen LogP contribution in [-0.2, 0) is 9.59 Å². The quantitative estimate of drug-likeness (QED) is 0.805. The lowest BCUT2D eigenvalue weighted by molar-refractivity contribution is -0.160. The van der Waals surface area contributed by atoms with Gasteiger partial charge >= 0.3 is 0 Å². The Kier molecular flexibility index (Phi) is 4.86. The molecule has 0 radical (unpaired) electrons. The third kappa shape index (κ3) is 3.56. The highest BCUT2D eigenvalue weighted by Gasteiger charge is 2.56. The SMILES string of the molecule is O=C(NCC#Cc1ccccc1)C1CCCN1C(=O)C12CC3CC(CC(C3)C1)C2. The summed E-state index contributed by atoms with van der Waals surface area (Å²) in [6.07, 6.45) is 8.87. The monoisotopic (exact) mass is 390 g/mol. The summed E-state index contributed by atoms with van der Waals surface area (Å²) < 4.78 is 0. The second-order valence-electron chi connectivity index (χ2n) is 9.74. The first kappa shape index (κ1) is 18.7. The van der Waals surface area contributed by atoms with Crippen molar-refractivity contribution in [1.29, 1.82) is 0 Å². The minimum Gasteiger partial charge on any atom is -0.343 e. The first-order valence-corrected chi connectivity index (χ1v) is 11.3. The molecule has 5 aliphatic rings. The van der Waals surface area contributed by atoms with Gasteiger partial charge in [-0.25, -0.2) is 0 Å². The number of nitrogens with zero attached hydrogens (tertiary/aromatic N) is 1. The number of amides is 2. The van der Waals surface area contributed by atoms with E-state index in [4.69, 9.17) is 0 Å². The van der Waals surface area contributed by atoms with Gasteiger partial charge in [-0.2, -0.15) is 0 Å². The van der Waals surface area contributed by atoms with E-state index in [1.54, 1.807) is 0 Å². The van der Waals surface area contributed by atoms with Crippen molar-refractivity contribution in [2.45, 2.75) is 57.4 Å². The lowest BCUT2D eigenvalue weighted by atomic mass is 9.49. The summed E-state index contributed by atoms with van der Waals surface area (Å²) in [6.45, 7) is 1.05. The van der Waals surface area contributed by atoms with E-state index in [-0.39, 0.29) is 23.3 Å². The van der Waals surface area contributed by atoms with Gasteiger partial charge in [-0.3, -0.25) is 9.59 Å². The molecule has 0 aromatic heterocycles. The Morgan fingerprint density at radius 3 is 2.34 bits per heavy atom. The molecule has 5 fully saturated rings. The Bertz CT molecular complexity index is 815. The minimum absolute atomic E-state index is 0.0389. The van der Waals surface area contributed by atoms with Gasteiger partial charge in [0.1, 0.15) is 6.04 Å². The second-order valence-corrected chi connectivity index (χ2v) is 9.74. The fraction of sp³-hybridized carbons (Fsp3) is 0.600. The van der Waals surface area contributed by atoms with Crippen LogP contribution in [0.3, 0.4) is 0 Å². The fourth-order valence-electron chi connectivity index (χ4n) is 6.88. The lowest BCUT2D eigenvalue weighted by Gasteiger charge is -2.56. The zero-order valence-corrected chi connectivity index (χ0v) is 17.0. The number of hydrogen-bond donors (Lipinski definition) is 1. The molecule has 1 aromatic carbocycles. The molecule has 4 saturated carbocycles. The molecule has 1 heterocycles. The predicted molar refractivity (Wildman–Crippen MR) is 112 cm³/mol. The van der Waals surface area contributed by atoms with Gasteiger partial charge in [0.25, 0.3) is 0 Å². The Morgan fingerprint density at radius 2 is 1.69 bits per heavy atom. The lowest BCUT2D eigenvalue weighted by Crippen LogP contribution is -2.57. The van der Waals surface area contributed by atoms with Crippen LogP contribution in [-0.4, -0.2) is 35.8 Å². The predicted octanol–water partition coefficient (Wildman–Crippen LogP) is 3.36. The van der Waals surface area contributed by atoms with Crippen LogP contribution in [0, 0.1) is 35.0 Å². The first-order chi connectivity index (χ1) is 14.1. The molecule has 6 rings (SSSR count). The van der Waals surface area contributed by atoms with Crippen molar-refractivity contribution in [1.82, 2.24) is 10.2 Å². The van der Waals surface area contributed by atoms with Gasteiger partial charge in [-0.05, 0) is 81.3 Å².